The van der Waals surface area contributed by atoms with Crippen LogP contribution in [0.5, 0.6) is 0 Å². The average Bonchev–Trinajstić information content (AvgIpc) is 3.07. The van der Waals surface area contributed by atoms with Crippen LogP contribution < -0.4 is 11.0 Å². The third-order valence-corrected chi connectivity index (χ3v) is 4.98. The minimum absolute atomic E-state index is 0.0913. The number of nitrogens with one attached hydrogen (secondary N) is 1. The van der Waals surface area contributed by atoms with Gasteiger partial charge >= 0.3 is 0 Å². The fourth-order valence-corrected chi connectivity index (χ4v) is 3.48. The SMILES string of the molecule is Cc1c(/C=N\NC(=O)Cn2ccccc2=O)c2ccccn2c1C(=O)c1ccccc1. The van der Waals surface area contributed by atoms with Crippen molar-refractivity contribution in [2.45, 2.75) is 13.5 Å². The van der Waals surface area contributed by atoms with Crippen molar-refractivity contribution in [3.05, 3.63) is 112 Å². The molecule has 31 heavy (non-hydrogen) atoms. The van der Waals surface area contributed by atoms with Crippen LogP contribution in [-0.2, 0) is 11.3 Å². The minimum Gasteiger partial charge on any atom is -0.313 e. The number of hydrogen-bond donors (Lipinski definition) is 1. The summed E-state index contributed by atoms with van der Waals surface area (Å²) in [6.07, 6.45) is 4.90. The number of fused-ring (bicyclic) bond motifs is 1. The fourth-order valence-electron chi connectivity index (χ4n) is 3.48. The molecule has 0 aliphatic rings. The van der Waals surface area contributed by atoms with E-state index in [0.717, 1.165) is 16.6 Å². The first-order chi connectivity index (χ1) is 15.1. The Bertz CT molecular complexity index is 1350. The molecule has 0 spiro atoms. The molecule has 0 aliphatic carbocycles. The lowest BCUT2D eigenvalue weighted by Crippen LogP contribution is -2.29. The van der Waals surface area contributed by atoms with Gasteiger partial charge in [0, 0.05) is 29.6 Å². The molecule has 154 valence electrons. The Hall–Kier alpha value is -4.26. The third kappa shape index (κ3) is 4.06. The van der Waals surface area contributed by atoms with E-state index in [1.165, 1.54) is 16.8 Å². The molecule has 0 atom stereocenters. The molecule has 7 nitrogen and oxygen atoms in total. The number of carbonyl (C=O) groups is 2. The molecule has 3 heterocycles. The van der Waals surface area contributed by atoms with Crippen LogP contribution in [0.25, 0.3) is 5.52 Å². The largest absolute Gasteiger partial charge is 0.313 e. The molecule has 0 fully saturated rings. The number of rotatable bonds is 6. The number of aromatic nitrogens is 2. The van der Waals surface area contributed by atoms with E-state index >= 15 is 0 Å². The Kier molecular flexibility index (Phi) is 5.57. The van der Waals surface area contributed by atoms with E-state index in [-0.39, 0.29) is 17.9 Å². The van der Waals surface area contributed by atoms with E-state index in [1.807, 2.05) is 53.9 Å². The molecule has 0 saturated heterocycles. The van der Waals surface area contributed by atoms with E-state index < -0.39 is 5.91 Å². The Morgan fingerprint density at radius 2 is 1.68 bits per heavy atom. The van der Waals surface area contributed by atoms with Crippen LogP contribution in [-0.4, -0.2) is 26.9 Å². The average molecular weight is 412 g/mol. The van der Waals surface area contributed by atoms with Gasteiger partial charge in [-0.05, 0) is 30.7 Å². The maximum Gasteiger partial charge on any atom is 0.260 e. The van der Waals surface area contributed by atoms with Crippen molar-refractivity contribution in [3.63, 3.8) is 0 Å². The Morgan fingerprint density at radius 1 is 0.968 bits per heavy atom. The van der Waals surface area contributed by atoms with Crippen molar-refractivity contribution in [1.29, 1.82) is 0 Å². The predicted molar refractivity (Wildman–Crippen MR) is 118 cm³/mol. The van der Waals surface area contributed by atoms with E-state index in [2.05, 4.69) is 10.5 Å². The normalized spacial score (nSPS) is 11.1. The first kappa shape index (κ1) is 20.0. The molecule has 4 rings (SSSR count). The van der Waals surface area contributed by atoms with Crippen molar-refractivity contribution in [2.75, 3.05) is 0 Å². The van der Waals surface area contributed by atoms with E-state index in [0.29, 0.717) is 11.3 Å². The summed E-state index contributed by atoms with van der Waals surface area (Å²) in [4.78, 5) is 37.0. The predicted octanol–water partition coefficient (Wildman–Crippen LogP) is 2.79. The summed E-state index contributed by atoms with van der Waals surface area (Å²) in [7, 11) is 0. The highest BCUT2D eigenvalue weighted by Gasteiger charge is 2.20. The number of benzene rings is 1. The number of amides is 1. The van der Waals surface area contributed by atoms with Gasteiger partial charge < -0.3 is 8.97 Å². The molecule has 1 aromatic carbocycles. The summed E-state index contributed by atoms with van der Waals surface area (Å²) in [5.41, 5.74) is 5.62. The van der Waals surface area contributed by atoms with Crippen molar-refractivity contribution in [3.8, 4) is 0 Å². The number of nitrogens with zero attached hydrogens (tertiary/aromatic N) is 3. The molecule has 0 aliphatic heterocycles. The van der Waals surface area contributed by atoms with Gasteiger partial charge in [-0.1, -0.05) is 42.5 Å². The monoisotopic (exact) mass is 412 g/mol. The summed E-state index contributed by atoms with van der Waals surface area (Å²) >= 11 is 0. The molecule has 7 heteroatoms. The lowest BCUT2D eigenvalue weighted by Gasteiger charge is -2.03. The number of carbonyl (C=O) groups excluding carboxylic acids is 2. The van der Waals surface area contributed by atoms with Crippen LogP contribution in [0.1, 0.15) is 27.2 Å². The van der Waals surface area contributed by atoms with Crippen molar-refractivity contribution in [2.24, 2.45) is 5.10 Å². The third-order valence-electron chi connectivity index (χ3n) is 4.98. The van der Waals surface area contributed by atoms with Crippen LogP contribution >= 0.6 is 0 Å². The van der Waals surface area contributed by atoms with Crippen LogP contribution in [0.4, 0.5) is 0 Å². The lowest BCUT2D eigenvalue weighted by atomic mass is 10.0. The highest BCUT2D eigenvalue weighted by molar-refractivity contribution is 6.11. The Morgan fingerprint density at radius 3 is 2.45 bits per heavy atom. The summed E-state index contributed by atoms with van der Waals surface area (Å²) < 4.78 is 3.12. The number of ketones is 1. The molecule has 0 radical (unpaired) electrons. The Balaban J connectivity index is 1.62. The van der Waals surface area contributed by atoms with Gasteiger partial charge in [-0.15, -0.1) is 0 Å². The standard InChI is InChI=1S/C24H20N4O3/c1-17-19(15-25-26-21(29)16-27-13-7-6-12-22(27)30)20-11-5-8-14-28(20)23(17)24(31)18-9-3-2-4-10-18/h2-15H,16H2,1H3,(H,26,29)/b25-15-. The van der Waals surface area contributed by atoms with Gasteiger partial charge in [0.1, 0.15) is 6.54 Å². The number of hydrogen-bond acceptors (Lipinski definition) is 4. The molecule has 0 unspecified atom stereocenters. The van der Waals surface area contributed by atoms with Gasteiger partial charge in [-0.2, -0.15) is 5.10 Å². The van der Waals surface area contributed by atoms with E-state index in [1.54, 1.807) is 30.5 Å². The molecule has 1 N–H and O–H groups in total. The van der Waals surface area contributed by atoms with Crippen LogP contribution in [0.3, 0.4) is 0 Å². The highest BCUT2D eigenvalue weighted by atomic mass is 16.2. The second-order valence-electron chi connectivity index (χ2n) is 7.00. The van der Waals surface area contributed by atoms with Gasteiger partial charge in [-0.3, -0.25) is 14.4 Å². The van der Waals surface area contributed by atoms with Gasteiger partial charge in [0.15, 0.2) is 0 Å². The lowest BCUT2D eigenvalue weighted by molar-refractivity contribution is -0.121. The maximum atomic E-state index is 13.1. The first-order valence-electron chi connectivity index (χ1n) is 9.73. The molecular formula is C24H20N4O3. The molecule has 4 aromatic rings. The van der Waals surface area contributed by atoms with Gasteiger partial charge in [-0.25, -0.2) is 5.43 Å². The van der Waals surface area contributed by atoms with Crippen molar-refractivity contribution >= 4 is 23.4 Å². The minimum atomic E-state index is -0.425. The van der Waals surface area contributed by atoms with Gasteiger partial charge in [0.05, 0.1) is 17.4 Å². The Labute approximate surface area is 178 Å². The second kappa shape index (κ2) is 8.62. The highest BCUT2D eigenvalue weighted by Crippen LogP contribution is 2.24. The van der Waals surface area contributed by atoms with E-state index in [9.17, 15) is 14.4 Å². The number of pyridine rings is 2. The van der Waals surface area contributed by atoms with E-state index in [4.69, 9.17) is 0 Å². The number of hydrazone groups is 1. The molecule has 0 bridgehead atoms. The fraction of sp³-hybridized carbons (Fsp3) is 0.0833. The molecule has 3 aromatic heterocycles. The maximum absolute atomic E-state index is 13.1. The van der Waals surface area contributed by atoms with Crippen molar-refractivity contribution in [1.82, 2.24) is 14.4 Å². The van der Waals surface area contributed by atoms with Crippen molar-refractivity contribution < 1.29 is 9.59 Å². The zero-order valence-corrected chi connectivity index (χ0v) is 16.9. The van der Waals surface area contributed by atoms with Crippen LogP contribution in [0.15, 0.2) is 89.0 Å². The molecule has 1 amide bonds. The summed E-state index contributed by atoms with van der Waals surface area (Å²) in [6.45, 7) is 1.72. The smallest absolute Gasteiger partial charge is 0.260 e. The zero-order chi connectivity index (χ0) is 21.8. The summed E-state index contributed by atoms with van der Waals surface area (Å²) in [5.74, 6) is -0.516. The second-order valence-corrected chi connectivity index (χ2v) is 7.00. The quantitative estimate of drug-likeness (QED) is 0.300. The first-order valence-corrected chi connectivity index (χ1v) is 9.73. The summed E-state index contributed by atoms with van der Waals surface area (Å²) in [5, 5.41) is 4.06. The van der Waals surface area contributed by atoms with Crippen LogP contribution in [0.2, 0.25) is 0 Å². The molecular weight excluding hydrogens is 392 g/mol. The molecule has 0 saturated carbocycles. The van der Waals surface area contributed by atoms with Gasteiger partial charge in [0.25, 0.3) is 11.5 Å². The topological polar surface area (TPSA) is 84.9 Å². The van der Waals surface area contributed by atoms with Crippen LogP contribution in [0, 0.1) is 6.92 Å². The zero-order valence-electron chi connectivity index (χ0n) is 16.9. The summed E-state index contributed by atoms with van der Waals surface area (Å²) in [6, 6.07) is 19.4. The van der Waals surface area contributed by atoms with Gasteiger partial charge in [0.2, 0.25) is 5.78 Å².